The molecule has 11 heteroatoms. The van der Waals surface area contributed by atoms with E-state index >= 15 is 0 Å². The largest absolute Gasteiger partial charge is 0.573 e. The molecule has 3 heterocycles. The molecule has 8 nitrogen and oxygen atoms in total. The van der Waals surface area contributed by atoms with Crippen molar-refractivity contribution in [2.45, 2.75) is 19.3 Å². The number of hydrogen-bond acceptors (Lipinski definition) is 6. The maximum absolute atomic E-state index is 13.1. The van der Waals surface area contributed by atoms with Crippen molar-refractivity contribution in [3.05, 3.63) is 55.5 Å². The van der Waals surface area contributed by atoms with Gasteiger partial charge in [-0.2, -0.15) is 0 Å². The normalized spacial score (nSPS) is 15.8. The Labute approximate surface area is 194 Å². The number of anilines is 1. The van der Waals surface area contributed by atoms with Crippen LogP contribution >= 0.6 is 0 Å². The zero-order valence-electron chi connectivity index (χ0n) is 18.6. The van der Waals surface area contributed by atoms with E-state index in [1.807, 2.05) is 11.0 Å². The van der Waals surface area contributed by atoms with Crippen LogP contribution in [0, 0.1) is 0 Å². The highest BCUT2D eigenvalue weighted by molar-refractivity contribution is 5.86. The fourth-order valence-corrected chi connectivity index (χ4v) is 3.93. The van der Waals surface area contributed by atoms with E-state index in [-0.39, 0.29) is 11.7 Å². The van der Waals surface area contributed by atoms with Gasteiger partial charge in [-0.25, -0.2) is 4.98 Å². The first-order valence-electron chi connectivity index (χ1n) is 10.8. The molecular weight excluding hydrogens is 449 g/mol. The first-order chi connectivity index (χ1) is 16.2. The summed E-state index contributed by atoms with van der Waals surface area (Å²) in [7, 11) is 0. The van der Waals surface area contributed by atoms with Gasteiger partial charge in [0.25, 0.3) is 0 Å². The molecule has 1 aliphatic heterocycles. The van der Waals surface area contributed by atoms with Crippen LogP contribution in [0.1, 0.15) is 6.92 Å². The van der Waals surface area contributed by atoms with Crippen molar-refractivity contribution < 1.29 is 22.7 Å². The number of aromatic nitrogens is 3. The van der Waals surface area contributed by atoms with E-state index in [2.05, 4.69) is 31.5 Å². The molecule has 0 radical (unpaired) electrons. The average molecular weight is 474 g/mol. The number of piperazine rings is 1. The van der Waals surface area contributed by atoms with Crippen molar-refractivity contribution in [2.24, 2.45) is 0 Å². The molecule has 1 aromatic carbocycles. The third-order valence-corrected chi connectivity index (χ3v) is 5.59. The number of imidazole rings is 1. The molecular formula is C23H25F3N6O2. The van der Waals surface area contributed by atoms with Gasteiger partial charge in [0.05, 0.1) is 6.20 Å². The molecule has 2 aromatic heterocycles. The van der Waals surface area contributed by atoms with Crippen LogP contribution < -0.4 is 10.1 Å². The summed E-state index contributed by atoms with van der Waals surface area (Å²) >= 11 is 0. The minimum atomic E-state index is -4.77. The van der Waals surface area contributed by atoms with E-state index in [0.717, 1.165) is 19.6 Å². The summed E-state index contributed by atoms with van der Waals surface area (Å²) in [5.41, 5.74) is 1.59. The molecule has 0 spiro atoms. The smallest absolute Gasteiger partial charge is 0.406 e. The molecule has 3 aromatic rings. The van der Waals surface area contributed by atoms with Crippen LogP contribution in [0.5, 0.6) is 5.75 Å². The predicted octanol–water partition coefficient (Wildman–Crippen LogP) is 3.43. The van der Waals surface area contributed by atoms with E-state index in [1.54, 1.807) is 29.9 Å². The molecule has 34 heavy (non-hydrogen) atoms. The Kier molecular flexibility index (Phi) is 6.73. The quantitative estimate of drug-likeness (QED) is 0.529. The van der Waals surface area contributed by atoms with E-state index in [0.29, 0.717) is 35.8 Å². The van der Waals surface area contributed by atoms with Gasteiger partial charge in [0.15, 0.2) is 5.65 Å². The Bertz CT molecular complexity index is 1150. The van der Waals surface area contributed by atoms with Gasteiger partial charge in [0.1, 0.15) is 23.3 Å². The van der Waals surface area contributed by atoms with Crippen molar-refractivity contribution in [1.29, 1.82) is 0 Å². The summed E-state index contributed by atoms with van der Waals surface area (Å²) in [5.74, 6) is 0.186. The van der Waals surface area contributed by atoms with E-state index in [1.165, 1.54) is 24.3 Å². The minimum Gasteiger partial charge on any atom is -0.406 e. The molecule has 180 valence electrons. The standard InChI is InChI=1S/C23H25F3N6O2/c1-3-9-30-11-13-31(14-12-30)22(33)16(2)28-21-20(29-19-15-27-8-10-32(19)21)17-4-6-18(7-5-17)34-23(24,25)26/h3-8,10,15-16,28H,1,9,11-14H2,2H3. The number of ether oxygens (including phenoxy) is 1. The second kappa shape index (κ2) is 9.72. The molecule has 1 fully saturated rings. The fraction of sp³-hybridized carbons (Fsp3) is 0.348. The third-order valence-electron chi connectivity index (χ3n) is 5.59. The van der Waals surface area contributed by atoms with Gasteiger partial charge in [0, 0.05) is 50.7 Å². The van der Waals surface area contributed by atoms with E-state index in [4.69, 9.17) is 0 Å². The Morgan fingerprint density at radius 3 is 2.59 bits per heavy atom. The predicted molar refractivity (Wildman–Crippen MR) is 121 cm³/mol. The number of carbonyl (C=O) groups is 1. The summed E-state index contributed by atoms with van der Waals surface area (Å²) in [4.78, 5) is 25.8. The maximum Gasteiger partial charge on any atom is 0.573 e. The number of rotatable bonds is 7. The number of carbonyl (C=O) groups excluding carboxylic acids is 1. The first kappa shape index (κ1) is 23.6. The van der Waals surface area contributed by atoms with Gasteiger partial charge in [-0.15, -0.1) is 19.8 Å². The zero-order chi connectivity index (χ0) is 24.3. The van der Waals surface area contributed by atoms with Gasteiger partial charge in [-0.05, 0) is 31.2 Å². The SMILES string of the molecule is C=CCN1CCN(C(=O)C(C)Nc2c(-c3ccc(OC(F)(F)F)cc3)nc3cnccn23)CC1. The van der Waals surface area contributed by atoms with Crippen molar-refractivity contribution >= 4 is 17.4 Å². The third kappa shape index (κ3) is 5.30. The maximum atomic E-state index is 13.1. The van der Waals surface area contributed by atoms with Crippen LogP contribution in [-0.2, 0) is 4.79 Å². The number of fused-ring (bicyclic) bond motifs is 1. The molecule has 4 rings (SSSR count). The molecule has 1 amide bonds. The molecule has 0 bridgehead atoms. The van der Waals surface area contributed by atoms with Crippen LogP contribution in [0.15, 0.2) is 55.5 Å². The van der Waals surface area contributed by atoms with Gasteiger partial charge >= 0.3 is 6.36 Å². The molecule has 1 aliphatic rings. The second-order valence-corrected chi connectivity index (χ2v) is 7.97. The van der Waals surface area contributed by atoms with Gasteiger partial charge in [-0.3, -0.25) is 19.1 Å². The Balaban J connectivity index is 1.56. The second-order valence-electron chi connectivity index (χ2n) is 7.97. The van der Waals surface area contributed by atoms with Crippen LogP contribution in [0.2, 0.25) is 0 Å². The topological polar surface area (TPSA) is 75.0 Å². The van der Waals surface area contributed by atoms with Gasteiger partial charge < -0.3 is 15.0 Å². The summed E-state index contributed by atoms with van der Waals surface area (Å²) in [6.45, 7) is 9.15. The molecule has 0 aliphatic carbocycles. The van der Waals surface area contributed by atoms with E-state index < -0.39 is 12.4 Å². The molecule has 1 N–H and O–H groups in total. The monoisotopic (exact) mass is 474 g/mol. The Morgan fingerprint density at radius 2 is 1.94 bits per heavy atom. The highest BCUT2D eigenvalue weighted by Crippen LogP contribution is 2.31. The summed E-state index contributed by atoms with van der Waals surface area (Å²) in [6, 6.07) is 4.89. The highest BCUT2D eigenvalue weighted by Gasteiger charge is 2.31. The first-order valence-corrected chi connectivity index (χ1v) is 10.8. The number of alkyl halides is 3. The fourth-order valence-electron chi connectivity index (χ4n) is 3.93. The molecule has 0 saturated carbocycles. The van der Waals surface area contributed by atoms with Crippen LogP contribution in [0.3, 0.4) is 0 Å². The number of amides is 1. The summed E-state index contributed by atoms with van der Waals surface area (Å²) in [6.07, 6.45) is 1.96. The molecule has 1 unspecified atom stereocenters. The summed E-state index contributed by atoms with van der Waals surface area (Å²) < 4.78 is 43.2. The lowest BCUT2D eigenvalue weighted by atomic mass is 10.1. The average Bonchev–Trinajstić information content (AvgIpc) is 3.17. The number of nitrogens with zero attached hydrogens (tertiary/aromatic N) is 5. The van der Waals surface area contributed by atoms with Gasteiger partial charge in [-0.1, -0.05) is 6.08 Å². The van der Waals surface area contributed by atoms with Crippen molar-refractivity contribution in [3.63, 3.8) is 0 Å². The lowest BCUT2D eigenvalue weighted by molar-refractivity contribution is -0.274. The molecule has 1 atom stereocenters. The summed E-state index contributed by atoms with van der Waals surface area (Å²) in [5, 5.41) is 3.26. The van der Waals surface area contributed by atoms with Gasteiger partial charge in [0.2, 0.25) is 5.91 Å². The molecule has 1 saturated heterocycles. The van der Waals surface area contributed by atoms with Crippen LogP contribution in [0.25, 0.3) is 16.9 Å². The van der Waals surface area contributed by atoms with Crippen molar-refractivity contribution in [1.82, 2.24) is 24.2 Å². The van der Waals surface area contributed by atoms with E-state index in [9.17, 15) is 18.0 Å². The number of halogens is 3. The zero-order valence-corrected chi connectivity index (χ0v) is 18.6. The number of nitrogens with one attached hydrogen (secondary N) is 1. The number of hydrogen-bond donors (Lipinski definition) is 1. The minimum absolute atomic E-state index is 0.0397. The number of benzene rings is 1. The highest BCUT2D eigenvalue weighted by atomic mass is 19.4. The lowest BCUT2D eigenvalue weighted by Crippen LogP contribution is -2.52. The Hall–Kier alpha value is -3.60. The lowest BCUT2D eigenvalue weighted by Gasteiger charge is -2.35. The van der Waals surface area contributed by atoms with Crippen molar-refractivity contribution in [3.8, 4) is 17.0 Å². The van der Waals surface area contributed by atoms with Crippen molar-refractivity contribution in [2.75, 3.05) is 38.0 Å². The Morgan fingerprint density at radius 1 is 1.24 bits per heavy atom. The van der Waals surface area contributed by atoms with Crippen LogP contribution in [0.4, 0.5) is 19.0 Å². The van der Waals surface area contributed by atoms with Crippen LogP contribution in [-0.4, -0.2) is 75.2 Å².